The first-order valence-electron chi connectivity index (χ1n) is 7.96. The van der Waals surface area contributed by atoms with E-state index in [1.54, 1.807) is 4.57 Å². The summed E-state index contributed by atoms with van der Waals surface area (Å²) in [6, 6.07) is 4.18. The summed E-state index contributed by atoms with van der Waals surface area (Å²) in [5.41, 5.74) is -0.309. The van der Waals surface area contributed by atoms with Crippen LogP contribution in [0.1, 0.15) is 25.7 Å². The second-order valence-electron chi connectivity index (χ2n) is 6.65. The molecule has 0 bridgehead atoms. The van der Waals surface area contributed by atoms with Crippen molar-refractivity contribution in [3.05, 3.63) is 49.2 Å². The van der Waals surface area contributed by atoms with Gasteiger partial charge in [0.05, 0.1) is 15.8 Å². The first kappa shape index (κ1) is 14.2. The van der Waals surface area contributed by atoms with E-state index in [1.165, 1.54) is 22.8 Å². The minimum Gasteiger partial charge on any atom is -0.293 e. The zero-order chi connectivity index (χ0) is 16.1. The molecule has 0 spiro atoms. The Kier molecular flexibility index (Phi) is 3.11. The highest BCUT2D eigenvalue weighted by Crippen LogP contribution is 2.32. The van der Waals surface area contributed by atoms with E-state index >= 15 is 0 Å². The van der Waals surface area contributed by atoms with Crippen molar-refractivity contribution in [1.29, 1.82) is 0 Å². The van der Waals surface area contributed by atoms with E-state index in [1.807, 2.05) is 0 Å². The summed E-state index contributed by atoms with van der Waals surface area (Å²) < 4.78 is 2.90. The van der Waals surface area contributed by atoms with Gasteiger partial charge < -0.3 is 0 Å². The molecule has 7 nitrogen and oxygen atoms in total. The fraction of sp³-hybridized carbons (Fsp3) is 0.500. The van der Waals surface area contributed by atoms with Crippen molar-refractivity contribution in [2.75, 3.05) is 0 Å². The van der Waals surface area contributed by atoms with Crippen LogP contribution in [0.3, 0.4) is 0 Å². The molecule has 0 radical (unpaired) electrons. The van der Waals surface area contributed by atoms with Crippen LogP contribution in [-0.2, 0) is 13.1 Å². The lowest BCUT2D eigenvalue weighted by Gasteiger charge is -2.13. The van der Waals surface area contributed by atoms with E-state index in [0.717, 1.165) is 25.7 Å². The minimum absolute atomic E-state index is 0.121. The molecular formula is C16H17N3O4. The van der Waals surface area contributed by atoms with Gasteiger partial charge in [-0.2, -0.15) is 0 Å². The smallest absolute Gasteiger partial charge is 0.293 e. The summed E-state index contributed by atoms with van der Waals surface area (Å²) in [5.74, 6) is 0.851. The van der Waals surface area contributed by atoms with Crippen LogP contribution in [0.15, 0.2) is 27.8 Å². The predicted octanol–water partition coefficient (Wildman–Crippen LogP) is 1.89. The molecule has 1 aromatic heterocycles. The Bertz CT molecular complexity index is 919. The number of nitro groups is 1. The number of hydrogen-bond acceptors (Lipinski definition) is 4. The maximum atomic E-state index is 12.7. The maximum absolute atomic E-state index is 12.7. The van der Waals surface area contributed by atoms with Crippen LogP contribution in [-0.4, -0.2) is 14.1 Å². The molecule has 2 aliphatic rings. The molecule has 1 heterocycles. The van der Waals surface area contributed by atoms with E-state index in [4.69, 9.17) is 0 Å². The van der Waals surface area contributed by atoms with Crippen LogP contribution < -0.4 is 11.2 Å². The van der Waals surface area contributed by atoms with Crippen LogP contribution >= 0.6 is 0 Å². The van der Waals surface area contributed by atoms with E-state index in [0.29, 0.717) is 30.4 Å². The second kappa shape index (κ2) is 5.04. The molecule has 0 amide bonds. The molecule has 2 saturated carbocycles. The first-order valence-corrected chi connectivity index (χ1v) is 7.96. The normalized spacial score (nSPS) is 17.6. The maximum Gasteiger partial charge on any atom is 0.331 e. The molecule has 7 heteroatoms. The van der Waals surface area contributed by atoms with Crippen LogP contribution in [0.4, 0.5) is 5.69 Å². The van der Waals surface area contributed by atoms with Crippen molar-refractivity contribution < 1.29 is 4.92 Å². The van der Waals surface area contributed by atoms with Crippen LogP contribution in [0.5, 0.6) is 0 Å². The van der Waals surface area contributed by atoms with Gasteiger partial charge in [0.2, 0.25) is 0 Å². The van der Waals surface area contributed by atoms with Gasteiger partial charge in [0.15, 0.2) is 0 Å². The molecule has 0 N–H and O–H groups in total. The molecular weight excluding hydrogens is 298 g/mol. The Morgan fingerprint density at radius 2 is 1.65 bits per heavy atom. The topological polar surface area (TPSA) is 87.1 Å². The van der Waals surface area contributed by atoms with Gasteiger partial charge in [0.1, 0.15) is 0 Å². The molecule has 0 aliphatic heterocycles. The highest BCUT2D eigenvalue weighted by Gasteiger charge is 2.27. The highest BCUT2D eigenvalue weighted by molar-refractivity contribution is 5.80. The molecule has 1 aromatic carbocycles. The quantitative estimate of drug-likeness (QED) is 0.622. The Morgan fingerprint density at radius 1 is 1.04 bits per heavy atom. The third-order valence-electron chi connectivity index (χ3n) is 4.69. The van der Waals surface area contributed by atoms with Gasteiger partial charge in [-0.15, -0.1) is 0 Å². The monoisotopic (exact) mass is 315 g/mol. The van der Waals surface area contributed by atoms with Crippen molar-refractivity contribution in [3.63, 3.8) is 0 Å². The molecule has 2 aliphatic carbocycles. The SMILES string of the molecule is O=c1c2cc([N+](=O)[O-])ccc2n(CC2CC2)c(=O)n1CC1CC1. The zero-order valence-electron chi connectivity index (χ0n) is 12.6. The number of nitrogens with zero attached hydrogens (tertiary/aromatic N) is 3. The summed E-state index contributed by atoms with van der Waals surface area (Å²) in [5, 5.41) is 11.3. The summed E-state index contributed by atoms with van der Waals surface area (Å²) in [6.45, 7) is 0.999. The average Bonchev–Trinajstić information content (AvgIpc) is 3.43. The Hall–Kier alpha value is -2.44. The number of fused-ring (bicyclic) bond motifs is 1. The lowest BCUT2D eigenvalue weighted by Crippen LogP contribution is -2.40. The zero-order valence-corrected chi connectivity index (χ0v) is 12.6. The molecule has 4 rings (SSSR count). The van der Waals surface area contributed by atoms with E-state index in [2.05, 4.69) is 0 Å². The summed E-state index contributed by atoms with van der Waals surface area (Å²) in [6.07, 6.45) is 4.23. The number of benzene rings is 1. The molecule has 0 saturated heterocycles. The standard InChI is InChI=1S/C16H17N3O4/c20-15-13-7-12(19(22)23)5-6-14(13)17(8-10-1-2-10)16(21)18(15)9-11-3-4-11/h5-7,10-11H,1-4,8-9H2. The lowest BCUT2D eigenvalue weighted by molar-refractivity contribution is -0.384. The molecule has 0 atom stereocenters. The van der Waals surface area contributed by atoms with Gasteiger partial charge >= 0.3 is 5.69 Å². The second-order valence-corrected chi connectivity index (χ2v) is 6.65. The molecule has 23 heavy (non-hydrogen) atoms. The lowest BCUT2D eigenvalue weighted by atomic mass is 10.2. The van der Waals surface area contributed by atoms with E-state index < -0.39 is 10.5 Å². The molecule has 120 valence electrons. The minimum atomic E-state index is -0.513. The van der Waals surface area contributed by atoms with Crippen LogP contribution in [0.25, 0.3) is 10.9 Å². The summed E-state index contributed by atoms with van der Waals surface area (Å²) in [4.78, 5) is 35.9. The fourth-order valence-corrected chi connectivity index (χ4v) is 2.98. The van der Waals surface area contributed by atoms with Crippen molar-refractivity contribution >= 4 is 16.6 Å². The van der Waals surface area contributed by atoms with Gasteiger partial charge in [-0.1, -0.05) is 0 Å². The Balaban J connectivity index is 1.97. The first-order chi connectivity index (χ1) is 11.0. The Morgan fingerprint density at radius 3 is 2.22 bits per heavy atom. The van der Waals surface area contributed by atoms with Crippen molar-refractivity contribution in [1.82, 2.24) is 9.13 Å². The molecule has 2 fully saturated rings. The number of aromatic nitrogens is 2. The van der Waals surface area contributed by atoms with E-state index in [9.17, 15) is 19.7 Å². The van der Waals surface area contributed by atoms with Gasteiger partial charge in [-0.3, -0.25) is 24.0 Å². The average molecular weight is 315 g/mol. The van der Waals surface area contributed by atoms with Gasteiger partial charge in [-0.25, -0.2) is 4.79 Å². The molecule has 2 aromatic rings. The summed E-state index contributed by atoms with van der Waals surface area (Å²) in [7, 11) is 0. The van der Waals surface area contributed by atoms with Crippen LogP contribution in [0, 0.1) is 22.0 Å². The van der Waals surface area contributed by atoms with Crippen molar-refractivity contribution in [3.8, 4) is 0 Å². The van der Waals surface area contributed by atoms with Gasteiger partial charge in [0, 0.05) is 25.2 Å². The van der Waals surface area contributed by atoms with Gasteiger partial charge in [0.25, 0.3) is 11.2 Å². The van der Waals surface area contributed by atoms with Crippen molar-refractivity contribution in [2.45, 2.75) is 38.8 Å². The number of hydrogen-bond donors (Lipinski definition) is 0. The van der Waals surface area contributed by atoms with Gasteiger partial charge in [-0.05, 0) is 43.6 Å². The largest absolute Gasteiger partial charge is 0.331 e. The third-order valence-corrected chi connectivity index (χ3v) is 4.69. The highest BCUT2D eigenvalue weighted by atomic mass is 16.6. The van der Waals surface area contributed by atoms with Crippen molar-refractivity contribution in [2.24, 2.45) is 11.8 Å². The number of nitro benzene ring substituents is 1. The number of rotatable bonds is 5. The number of non-ortho nitro benzene ring substituents is 1. The fourth-order valence-electron chi connectivity index (χ4n) is 2.98. The predicted molar refractivity (Wildman–Crippen MR) is 84.6 cm³/mol. The third kappa shape index (κ3) is 2.56. The Labute approximate surface area is 131 Å². The molecule has 0 unspecified atom stereocenters. The summed E-state index contributed by atoms with van der Waals surface area (Å²) >= 11 is 0. The van der Waals surface area contributed by atoms with E-state index in [-0.39, 0.29) is 16.8 Å². The van der Waals surface area contributed by atoms with Crippen LogP contribution in [0.2, 0.25) is 0 Å².